The van der Waals surface area contributed by atoms with Gasteiger partial charge in [0.15, 0.2) is 21.7 Å². The Balaban J connectivity index is 2.47. The Bertz CT molecular complexity index is 1160. The molecule has 0 aliphatic rings. The lowest BCUT2D eigenvalue weighted by Gasteiger charge is -2.16. The lowest BCUT2D eigenvalue weighted by atomic mass is 9.97. The van der Waals surface area contributed by atoms with Gasteiger partial charge in [0.05, 0.1) is 18.5 Å². The minimum atomic E-state index is -3.34. The lowest BCUT2D eigenvalue weighted by molar-refractivity contribution is -0.150. The second-order valence-electron chi connectivity index (χ2n) is 7.98. The fourth-order valence-corrected chi connectivity index (χ4v) is 3.38. The van der Waals surface area contributed by atoms with Crippen LogP contribution in [-0.2, 0) is 24.2 Å². The quantitative estimate of drug-likeness (QED) is 0.358. The predicted molar refractivity (Wildman–Crippen MR) is 126 cm³/mol. The summed E-state index contributed by atoms with van der Waals surface area (Å²) in [5, 5.41) is 12.4. The highest BCUT2D eigenvalue weighted by atomic mass is 32.2. The monoisotopic (exact) mass is 493 g/mol. The second kappa shape index (κ2) is 11.8. The van der Waals surface area contributed by atoms with Gasteiger partial charge >= 0.3 is 5.97 Å². The Labute approximate surface area is 198 Å². The molecule has 0 spiro atoms. The van der Waals surface area contributed by atoms with E-state index in [0.717, 1.165) is 13.4 Å². The molecule has 184 valence electrons. The zero-order valence-corrected chi connectivity index (χ0v) is 20.2. The molecule has 0 aliphatic carbocycles. The van der Waals surface area contributed by atoms with Crippen LogP contribution in [0.4, 0.5) is 10.3 Å². The third kappa shape index (κ3) is 7.99. The molecule has 1 aromatic heterocycles. The smallest absolute Gasteiger partial charge is 0.334 e. The Kier molecular flexibility index (Phi) is 9.39. The molecule has 0 radical (unpaired) electrons. The van der Waals surface area contributed by atoms with E-state index in [1.807, 2.05) is 13.8 Å². The van der Waals surface area contributed by atoms with Crippen LogP contribution >= 0.6 is 0 Å². The SMILES string of the molecule is COC(=O)C(O)CCC(=O)C=Cc1c(-c2ccc(F)cc2)nc(NCS(C)(=O)=O)nc1C(C)C. The topological polar surface area (TPSA) is 136 Å². The molecule has 1 heterocycles. The van der Waals surface area contributed by atoms with Crippen molar-refractivity contribution in [1.29, 1.82) is 0 Å². The van der Waals surface area contributed by atoms with Crippen LogP contribution in [0.2, 0.25) is 0 Å². The van der Waals surface area contributed by atoms with Crippen molar-refractivity contribution in [2.45, 2.75) is 38.7 Å². The van der Waals surface area contributed by atoms with Gasteiger partial charge in [-0.3, -0.25) is 4.79 Å². The number of carbonyl (C=O) groups excluding carboxylic acids is 2. The fraction of sp³-hybridized carbons (Fsp3) is 0.391. The van der Waals surface area contributed by atoms with Gasteiger partial charge in [0.25, 0.3) is 0 Å². The first-order valence-electron chi connectivity index (χ1n) is 10.5. The van der Waals surface area contributed by atoms with Crippen LogP contribution in [0.1, 0.15) is 43.9 Å². The number of allylic oxidation sites excluding steroid dienone is 1. The van der Waals surface area contributed by atoms with Gasteiger partial charge in [-0.05, 0) is 48.8 Å². The number of aliphatic hydroxyl groups is 1. The van der Waals surface area contributed by atoms with E-state index in [-0.39, 0.29) is 36.4 Å². The van der Waals surface area contributed by atoms with E-state index in [9.17, 15) is 27.5 Å². The van der Waals surface area contributed by atoms with E-state index in [4.69, 9.17) is 0 Å². The summed E-state index contributed by atoms with van der Waals surface area (Å²) in [5.41, 5.74) is 1.98. The Morgan fingerprint density at radius 1 is 1.21 bits per heavy atom. The number of hydrogen-bond acceptors (Lipinski definition) is 9. The standard InChI is InChI=1S/C23H28FN3O6S/c1-14(2)20-18(11-9-17(28)10-12-19(29)22(30)33-3)21(15-5-7-16(24)8-6-15)27-23(26-20)25-13-34(4,31)32/h5-9,11,14,19,29H,10,12-13H2,1-4H3,(H,25,26,27). The van der Waals surface area contributed by atoms with Crippen LogP contribution in [0, 0.1) is 5.82 Å². The summed E-state index contributed by atoms with van der Waals surface area (Å²) < 4.78 is 41.1. The van der Waals surface area contributed by atoms with Crippen LogP contribution in [0.15, 0.2) is 30.3 Å². The number of rotatable bonds is 11. The van der Waals surface area contributed by atoms with Gasteiger partial charge in [-0.1, -0.05) is 13.8 Å². The van der Waals surface area contributed by atoms with Crippen LogP contribution in [0.3, 0.4) is 0 Å². The largest absolute Gasteiger partial charge is 0.467 e. The molecule has 1 unspecified atom stereocenters. The summed E-state index contributed by atoms with van der Waals surface area (Å²) >= 11 is 0. The Hall–Kier alpha value is -3.18. The molecule has 0 saturated carbocycles. The van der Waals surface area contributed by atoms with Crippen LogP contribution in [0.25, 0.3) is 17.3 Å². The molecule has 0 fully saturated rings. The number of aromatic nitrogens is 2. The van der Waals surface area contributed by atoms with E-state index in [1.165, 1.54) is 36.4 Å². The van der Waals surface area contributed by atoms with Gasteiger partial charge in [0.2, 0.25) is 5.95 Å². The number of aliphatic hydroxyl groups excluding tert-OH is 1. The number of nitrogens with one attached hydrogen (secondary N) is 1. The maximum Gasteiger partial charge on any atom is 0.334 e. The third-order valence-electron chi connectivity index (χ3n) is 4.71. The molecule has 2 rings (SSSR count). The van der Waals surface area contributed by atoms with Gasteiger partial charge in [-0.25, -0.2) is 27.6 Å². The molecule has 1 aromatic carbocycles. The number of anilines is 1. The van der Waals surface area contributed by atoms with Crippen molar-refractivity contribution < 1.29 is 32.2 Å². The van der Waals surface area contributed by atoms with Crippen molar-refractivity contribution >= 4 is 33.6 Å². The number of hydrogen-bond donors (Lipinski definition) is 2. The minimum absolute atomic E-state index is 0.0816. The van der Waals surface area contributed by atoms with Crippen molar-refractivity contribution in [3.8, 4) is 11.3 Å². The van der Waals surface area contributed by atoms with Crippen LogP contribution < -0.4 is 5.32 Å². The Morgan fingerprint density at radius 2 is 1.85 bits per heavy atom. The number of carbonyl (C=O) groups is 2. The van der Waals surface area contributed by atoms with Crippen molar-refractivity contribution in [3.63, 3.8) is 0 Å². The number of esters is 1. The molecular formula is C23H28FN3O6S. The molecule has 34 heavy (non-hydrogen) atoms. The number of ketones is 1. The number of nitrogens with zero attached hydrogens (tertiary/aromatic N) is 2. The fourth-order valence-electron chi connectivity index (χ4n) is 2.99. The van der Waals surface area contributed by atoms with E-state index >= 15 is 0 Å². The maximum absolute atomic E-state index is 13.5. The highest BCUT2D eigenvalue weighted by Crippen LogP contribution is 2.30. The number of sulfone groups is 1. The molecule has 11 heteroatoms. The summed E-state index contributed by atoms with van der Waals surface area (Å²) in [6.07, 6.45) is 2.32. The summed E-state index contributed by atoms with van der Waals surface area (Å²) in [7, 11) is -2.20. The Morgan fingerprint density at radius 3 is 2.41 bits per heavy atom. The summed E-state index contributed by atoms with van der Waals surface area (Å²) in [6, 6.07) is 5.58. The molecule has 0 aliphatic heterocycles. The minimum Gasteiger partial charge on any atom is -0.467 e. The molecule has 0 saturated heterocycles. The van der Waals surface area contributed by atoms with E-state index < -0.39 is 27.7 Å². The zero-order chi connectivity index (χ0) is 25.5. The maximum atomic E-state index is 13.5. The average Bonchev–Trinajstić information content (AvgIpc) is 2.78. The highest BCUT2D eigenvalue weighted by Gasteiger charge is 2.19. The second-order valence-corrected chi connectivity index (χ2v) is 10.1. The highest BCUT2D eigenvalue weighted by molar-refractivity contribution is 7.90. The molecular weight excluding hydrogens is 465 g/mol. The number of benzene rings is 1. The van der Waals surface area contributed by atoms with Gasteiger partial charge in [0, 0.05) is 23.8 Å². The third-order valence-corrected chi connectivity index (χ3v) is 5.37. The average molecular weight is 494 g/mol. The summed E-state index contributed by atoms with van der Waals surface area (Å²) in [5.74, 6) is -2.02. The van der Waals surface area contributed by atoms with Crippen LogP contribution in [0.5, 0.6) is 0 Å². The van der Waals surface area contributed by atoms with Gasteiger partial charge in [-0.15, -0.1) is 0 Å². The van der Waals surface area contributed by atoms with Crippen LogP contribution in [-0.4, -0.2) is 60.6 Å². The van der Waals surface area contributed by atoms with Crippen molar-refractivity contribution in [2.24, 2.45) is 0 Å². The zero-order valence-electron chi connectivity index (χ0n) is 19.4. The van der Waals surface area contributed by atoms with E-state index in [0.29, 0.717) is 22.5 Å². The lowest BCUT2D eigenvalue weighted by Crippen LogP contribution is -2.22. The predicted octanol–water partition coefficient (Wildman–Crippen LogP) is 2.72. The summed E-state index contributed by atoms with van der Waals surface area (Å²) in [6.45, 7) is 3.76. The van der Waals surface area contributed by atoms with Crippen molar-refractivity contribution in [2.75, 3.05) is 24.6 Å². The number of ether oxygens (including phenoxy) is 1. The van der Waals surface area contributed by atoms with Gasteiger partial charge < -0.3 is 15.2 Å². The molecule has 0 bridgehead atoms. The van der Waals surface area contributed by atoms with E-state index in [1.54, 1.807) is 0 Å². The molecule has 1 atom stereocenters. The molecule has 9 nitrogen and oxygen atoms in total. The van der Waals surface area contributed by atoms with Crippen molar-refractivity contribution in [3.05, 3.63) is 47.4 Å². The molecule has 2 aromatic rings. The van der Waals surface area contributed by atoms with Gasteiger partial charge in [0.1, 0.15) is 11.7 Å². The summed E-state index contributed by atoms with van der Waals surface area (Å²) in [4.78, 5) is 32.5. The molecule has 2 N–H and O–H groups in total. The molecule has 0 amide bonds. The van der Waals surface area contributed by atoms with Gasteiger partial charge in [-0.2, -0.15) is 0 Å². The first-order valence-corrected chi connectivity index (χ1v) is 12.5. The van der Waals surface area contributed by atoms with E-state index in [2.05, 4.69) is 20.0 Å². The normalized spacial score (nSPS) is 12.7. The number of methoxy groups -OCH3 is 1. The van der Waals surface area contributed by atoms with Crippen molar-refractivity contribution in [1.82, 2.24) is 9.97 Å². The first kappa shape index (κ1) is 27.1. The number of halogens is 1. The first-order chi connectivity index (χ1) is 15.9.